The van der Waals surface area contributed by atoms with Crippen molar-refractivity contribution in [2.24, 2.45) is 5.73 Å². The number of imide groups is 1. The van der Waals surface area contributed by atoms with E-state index in [2.05, 4.69) is 0 Å². The molecule has 2 aromatic rings. The highest BCUT2D eigenvalue weighted by atomic mass is 19.1. The van der Waals surface area contributed by atoms with Gasteiger partial charge in [-0.15, -0.1) is 0 Å². The van der Waals surface area contributed by atoms with Crippen molar-refractivity contribution in [3.05, 3.63) is 71.3 Å². The zero-order valence-corrected chi connectivity index (χ0v) is 18.4. The third-order valence-electron chi connectivity index (χ3n) is 5.83. The minimum atomic E-state index is -2.05. The molecule has 2 aromatic carbocycles. The highest BCUT2D eigenvalue weighted by Crippen LogP contribution is 2.30. The van der Waals surface area contributed by atoms with E-state index < -0.39 is 47.5 Å². The molecular weight excluding hydrogens is 432 g/mol. The summed E-state index contributed by atoms with van der Waals surface area (Å²) in [5, 5.41) is 10.6. The smallest absolute Gasteiger partial charge is 0.263 e. The van der Waals surface area contributed by atoms with Gasteiger partial charge in [0.15, 0.2) is 6.10 Å². The second-order valence-corrected chi connectivity index (χ2v) is 8.36. The summed E-state index contributed by atoms with van der Waals surface area (Å²) in [5.74, 6) is -4.49. The number of carbonyl (C=O) groups is 3. The molecule has 1 saturated heterocycles. The van der Waals surface area contributed by atoms with Crippen LogP contribution >= 0.6 is 0 Å². The quantitative estimate of drug-likeness (QED) is 0.713. The van der Waals surface area contributed by atoms with Crippen LogP contribution in [0.25, 0.3) is 0 Å². The van der Waals surface area contributed by atoms with Gasteiger partial charge in [0.1, 0.15) is 17.7 Å². The normalized spacial score (nSPS) is 20.7. The van der Waals surface area contributed by atoms with Gasteiger partial charge in [0.05, 0.1) is 6.04 Å². The molecule has 7 nitrogen and oxygen atoms in total. The maximum atomic E-state index is 13.6. The van der Waals surface area contributed by atoms with Gasteiger partial charge in [0.25, 0.3) is 5.91 Å². The lowest BCUT2D eigenvalue weighted by atomic mass is 9.93. The Morgan fingerprint density at radius 2 is 1.70 bits per heavy atom. The number of likely N-dealkylation sites (tertiary alicyclic amines) is 1. The predicted molar refractivity (Wildman–Crippen MR) is 117 cm³/mol. The van der Waals surface area contributed by atoms with E-state index in [9.17, 15) is 28.3 Å². The summed E-state index contributed by atoms with van der Waals surface area (Å²) in [6, 6.07) is 9.41. The van der Waals surface area contributed by atoms with Crippen LogP contribution in [0.5, 0.6) is 0 Å². The average molecular weight is 459 g/mol. The van der Waals surface area contributed by atoms with Crippen molar-refractivity contribution in [1.29, 1.82) is 0 Å². The molecule has 1 heterocycles. The monoisotopic (exact) mass is 459 g/mol. The second kappa shape index (κ2) is 10.2. The van der Waals surface area contributed by atoms with E-state index in [0.717, 1.165) is 17.7 Å². The van der Waals surface area contributed by atoms with E-state index in [0.29, 0.717) is 23.9 Å². The third-order valence-corrected chi connectivity index (χ3v) is 5.83. The average Bonchev–Trinajstić information content (AvgIpc) is 2.92. The Morgan fingerprint density at radius 1 is 1.09 bits per heavy atom. The van der Waals surface area contributed by atoms with Gasteiger partial charge < -0.3 is 15.7 Å². The number of hydrogen-bond acceptors (Lipinski definition) is 5. The number of hydrogen-bond donors (Lipinski definition) is 2. The highest BCUT2D eigenvalue weighted by Gasteiger charge is 2.42. The zero-order chi connectivity index (χ0) is 24.3. The molecule has 0 radical (unpaired) electrons. The van der Waals surface area contributed by atoms with Crippen LogP contribution in [-0.4, -0.2) is 58.3 Å². The fourth-order valence-electron chi connectivity index (χ4n) is 4.13. The lowest BCUT2D eigenvalue weighted by molar-refractivity contribution is -0.159. The van der Waals surface area contributed by atoms with Gasteiger partial charge in [-0.25, -0.2) is 8.78 Å². The van der Waals surface area contributed by atoms with Crippen LogP contribution < -0.4 is 5.73 Å². The summed E-state index contributed by atoms with van der Waals surface area (Å²) in [6.07, 6.45) is -1.41. The van der Waals surface area contributed by atoms with Gasteiger partial charge in [-0.1, -0.05) is 30.3 Å². The SMILES string of the molecule is C[C@H](N)C(=O)N(C(=O)[C@@H](O)c1cc(F)cc(F)c1)[C@H]1CC[C@H](c2ccccc2)CN(C)C1=O. The maximum absolute atomic E-state index is 13.6. The van der Waals surface area contributed by atoms with Crippen LogP contribution in [0.15, 0.2) is 48.5 Å². The first-order valence-electron chi connectivity index (χ1n) is 10.7. The maximum Gasteiger partial charge on any atom is 0.263 e. The van der Waals surface area contributed by atoms with E-state index in [1.165, 1.54) is 11.8 Å². The summed E-state index contributed by atoms with van der Waals surface area (Å²) in [6.45, 7) is 1.74. The standard InChI is InChI=1S/C24H27F2N3O4/c1-14(27)22(31)29(24(33)21(30)17-10-18(25)12-19(26)11-17)20-9-8-16(13-28(2)23(20)32)15-6-4-3-5-7-15/h3-7,10-12,14,16,20-21,30H,8-9,13,27H2,1-2H3/t14-,16-,20-,21-/m0/s1. The number of aliphatic hydroxyl groups excluding tert-OH is 1. The molecule has 1 fully saturated rings. The fourth-order valence-corrected chi connectivity index (χ4v) is 4.13. The van der Waals surface area contributed by atoms with Crippen LogP contribution in [0, 0.1) is 11.6 Å². The predicted octanol–water partition coefficient (Wildman–Crippen LogP) is 2.11. The van der Waals surface area contributed by atoms with Gasteiger partial charge in [0.2, 0.25) is 11.8 Å². The van der Waals surface area contributed by atoms with Gasteiger partial charge >= 0.3 is 0 Å². The molecule has 0 saturated carbocycles. The zero-order valence-electron chi connectivity index (χ0n) is 18.4. The Balaban J connectivity index is 1.94. The molecule has 1 aliphatic rings. The second-order valence-electron chi connectivity index (χ2n) is 8.36. The van der Waals surface area contributed by atoms with E-state index in [1.807, 2.05) is 30.3 Å². The van der Waals surface area contributed by atoms with Gasteiger partial charge in [-0.05, 0) is 43.0 Å². The lowest BCUT2D eigenvalue weighted by Crippen LogP contribution is -2.56. The Labute approximate surface area is 190 Å². The Hall–Kier alpha value is -3.17. The number of amides is 3. The number of likely N-dealkylation sites (N-methyl/N-ethyl adjacent to an activating group) is 1. The number of carbonyl (C=O) groups excluding carboxylic acids is 3. The molecule has 0 aliphatic carbocycles. The summed E-state index contributed by atoms with van der Waals surface area (Å²) in [7, 11) is 1.58. The molecule has 4 atom stereocenters. The topological polar surface area (TPSA) is 104 Å². The van der Waals surface area contributed by atoms with Gasteiger partial charge in [-0.3, -0.25) is 19.3 Å². The first-order chi connectivity index (χ1) is 15.6. The molecule has 9 heteroatoms. The van der Waals surface area contributed by atoms with Crippen LogP contribution in [0.4, 0.5) is 8.78 Å². The van der Waals surface area contributed by atoms with Crippen LogP contribution in [0.1, 0.15) is 42.9 Å². The molecule has 3 amide bonds. The molecule has 3 N–H and O–H groups in total. The molecule has 0 spiro atoms. The lowest BCUT2D eigenvalue weighted by Gasteiger charge is -2.32. The Bertz CT molecular complexity index is 1010. The molecule has 0 bridgehead atoms. The van der Waals surface area contributed by atoms with Gasteiger partial charge in [-0.2, -0.15) is 0 Å². The summed E-state index contributed by atoms with van der Waals surface area (Å²) in [4.78, 5) is 41.4. The summed E-state index contributed by atoms with van der Waals surface area (Å²) >= 11 is 0. The van der Waals surface area contributed by atoms with E-state index in [-0.39, 0.29) is 17.9 Å². The fraction of sp³-hybridized carbons (Fsp3) is 0.375. The third kappa shape index (κ3) is 5.43. The summed E-state index contributed by atoms with van der Waals surface area (Å²) < 4.78 is 27.3. The van der Waals surface area contributed by atoms with Crippen molar-refractivity contribution in [2.75, 3.05) is 13.6 Å². The van der Waals surface area contributed by atoms with E-state index in [1.54, 1.807) is 7.05 Å². The minimum Gasteiger partial charge on any atom is -0.378 e. The molecular formula is C24H27F2N3O4. The van der Waals surface area contributed by atoms with Crippen molar-refractivity contribution in [3.63, 3.8) is 0 Å². The molecule has 3 rings (SSSR count). The number of rotatable bonds is 5. The molecule has 1 aliphatic heterocycles. The molecule has 0 unspecified atom stereocenters. The van der Waals surface area contributed by atoms with Gasteiger partial charge in [0, 0.05) is 25.6 Å². The number of nitrogens with zero attached hydrogens (tertiary/aromatic N) is 2. The Morgan fingerprint density at radius 3 is 2.27 bits per heavy atom. The highest BCUT2D eigenvalue weighted by molar-refractivity contribution is 6.03. The summed E-state index contributed by atoms with van der Waals surface area (Å²) in [5.41, 5.74) is 6.39. The van der Waals surface area contributed by atoms with Crippen molar-refractivity contribution < 1.29 is 28.3 Å². The minimum absolute atomic E-state index is 0.0188. The number of nitrogens with two attached hydrogens (primary N) is 1. The molecule has 33 heavy (non-hydrogen) atoms. The van der Waals surface area contributed by atoms with E-state index in [4.69, 9.17) is 5.73 Å². The van der Waals surface area contributed by atoms with Crippen molar-refractivity contribution in [1.82, 2.24) is 9.80 Å². The van der Waals surface area contributed by atoms with Crippen molar-refractivity contribution in [2.45, 2.75) is 43.9 Å². The largest absolute Gasteiger partial charge is 0.378 e. The van der Waals surface area contributed by atoms with Crippen LogP contribution in [-0.2, 0) is 14.4 Å². The number of halogens is 2. The number of benzene rings is 2. The van der Waals surface area contributed by atoms with Crippen LogP contribution in [0.3, 0.4) is 0 Å². The molecule has 176 valence electrons. The van der Waals surface area contributed by atoms with Crippen molar-refractivity contribution >= 4 is 17.7 Å². The molecule has 0 aromatic heterocycles. The Kier molecular flexibility index (Phi) is 7.55. The van der Waals surface area contributed by atoms with Crippen LogP contribution in [0.2, 0.25) is 0 Å². The van der Waals surface area contributed by atoms with E-state index >= 15 is 0 Å². The first-order valence-corrected chi connectivity index (χ1v) is 10.7. The van der Waals surface area contributed by atoms with Crippen molar-refractivity contribution in [3.8, 4) is 0 Å². The number of aliphatic hydroxyl groups is 1. The first kappa shape index (κ1) is 24.5.